The molecule has 0 radical (unpaired) electrons. The summed E-state index contributed by atoms with van der Waals surface area (Å²) in [5.41, 5.74) is 1.27. The van der Waals surface area contributed by atoms with Crippen molar-refractivity contribution in [2.75, 3.05) is 11.5 Å². The largest absolute Gasteiger partial charge is 0.349 e. The molecule has 1 heterocycles. The fraction of sp³-hybridized carbons (Fsp3) is 0.333. The zero-order valence-electron chi connectivity index (χ0n) is 11.5. The molecule has 0 aromatic heterocycles. The summed E-state index contributed by atoms with van der Waals surface area (Å²) in [6, 6.07) is 8.60. The van der Waals surface area contributed by atoms with E-state index < -0.39 is 9.84 Å². The summed E-state index contributed by atoms with van der Waals surface area (Å²) in [6.45, 7) is 0. The Morgan fingerprint density at radius 3 is 2.95 bits per heavy atom. The third-order valence-corrected chi connectivity index (χ3v) is 5.07. The summed E-state index contributed by atoms with van der Waals surface area (Å²) in [7, 11) is -3.03. The predicted octanol–water partition coefficient (Wildman–Crippen LogP) is 1.26. The van der Waals surface area contributed by atoms with Gasteiger partial charge < -0.3 is 5.32 Å². The number of nitriles is 1. The molecule has 1 fully saturated rings. The molecule has 1 aliphatic heterocycles. The average molecular weight is 304 g/mol. The number of rotatable bonds is 3. The fourth-order valence-corrected chi connectivity index (χ4v) is 3.91. The van der Waals surface area contributed by atoms with Crippen molar-refractivity contribution < 1.29 is 13.2 Å². The number of nitrogens with one attached hydrogen (secondary N) is 1. The normalized spacial score (nSPS) is 20.8. The molecule has 21 heavy (non-hydrogen) atoms. The minimum Gasteiger partial charge on any atom is -0.349 e. The number of hydrogen-bond acceptors (Lipinski definition) is 4. The second-order valence-corrected chi connectivity index (χ2v) is 7.26. The molecule has 1 aromatic rings. The molecule has 1 unspecified atom stereocenters. The molecular formula is C15H16N2O3S. The Bertz CT molecular complexity index is 702. The highest BCUT2D eigenvalue weighted by atomic mass is 32.2. The van der Waals surface area contributed by atoms with Gasteiger partial charge in [-0.25, -0.2) is 8.42 Å². The molecule has 0 spiro atoms. The van der Waals surface area contributed by atoms with E-state index in [1.54, 1.807) is 30.3 Å². The molecular weight excluding hydrogens is 288 g/mol. The van der Waals surface area contributed by atoms with Gasteiger partial charge in [0.05, 0.1) is 23.1 Å². The second-order valence-electron chi connectivity index (χ2n) is 5.03. The van der Waals surface area contributed by atoms with Crippen LogP contribution in [-0.4, -0.2) is 31.9 Å². The maximum atomic E-state index is 11.8. The Morgan fingerprint density at radius 1 is 1.43 bits per heavy atom. The van der Waals surface area contributed by atoms with E-state index in [-0.39, 0.29) is 23.5 Å². The first-order valence-corrected chi connectivity index (χ1v) is 8.50. The van der Waals surface area contributed by atoms with E-state index >= 15 is 0 Å². The highest BCUT2D eigenvalue weighted by Crippen LogP contribution is 2.12. The van der Waals surface area contributed by atoms with Gasteiger partial charge in [0.15, 0.2) is 9.84 Å². The van der Waals surface area contributed by atoms with Crippen LogP contribution in [0.15, 0.2) is 30.3 Å². The zero-order valence-corrected chi connectivity index (χ0v) is 12.3. The highest BCUT2D eigenvalue weighted by Gasteiger charge is 2.25. The van der Waals surface area contributed by atoms with Crippen molar-refractivity contribution >= 4 is 21.8 Å². The predicted molar refractivity (Wildman–Crippen MR) is 80.0 cm³/mol. The number of sulfone groups is 1. The minimum absolute atomic E-state index is 0.0104. The summed E-state index contributed by atoms with van der Waals surface area (Å²) >= 11 is 0. The van der Waals surface area contributed by atoms with Gasteiger partial charge in [0.25, 0.3) is 0 Å². The monoisotopic (exact) mass is 304 g/mol. The van der Waals surface area contributed by atoms with E-state index in [2.05, 4.69) is 5.32 Å². The Balaban J connectivity index is 1.95. The summed E-state index contributed by atoms with van der Waals surface area (Å²) in [5.74, 6) is -0.105. The standard InChI is InChI=1S/C15H16N2O3S/c16-10-13-4-1-3-12(9-13)6-7-15(18)17-14-5-2-8-21(19,20)11-14/h1,3-4,6-7,9,14H,2,5,8,11H2,(H,17,18)/b7-6+. The van der Waals surface area contributed by atoms with E-state index in [1.807, 2.05) is 6.07 Å². The molecule has 1 amide bonds. The first kappa shape index (κ1) is 15.3. The zero-order chi connectivity index (χ0) is 15.3. The first-order chi connectivity index (χ1) is 9.98. The van der Waals surface area contributed by atoms with Crippen molar-refractivity contribution in [2.45, 2.75) is 18.9 Å². The van der Waals surface area contributed by atoms with Crippen LogP contribution in [0.4, 0.5) is 0 Å². The van der Waals surface area contributed by atoms with Crippen LogP contribution in [0.2, 0.25) is 0 Å². The molecule has 0 saturated carbocycles. The number of amides is 1. The molecule has 1 aliphatic rings. The third-order valence-electron chi connectivity index (χ3n) is 3.25. The lowest BCUT2D eigenvalue weighted by atomic mass is 10.1. The van der Waals surface area contributed by atoms with Gasteiger partial charge in [-0.05, 0) is 36.6 Å². The van der Waals surface area contributed by atoms with Gasteiger partial charge in [0, 0.05) is 12.1 Å². The minimum atomic E-state index is -3.03. The third kappa shape index (κ3) is 4.72. The smallest absolute Gasteiger partial charge is 0.244 e. The number of benzene rings is 1. The number of nitrogens with zero attached hydrogens (tertiary/aromatic N) is 1. The summed E-state index contributed by atoms with van der Waals surface area (Å²) in [4.78, 5) is 11.8. The summed E-state index contributed by atoms with van der Waals surface area (Å²) < 4.78 is 23.0. The van der Waals surface area contributed by atoms with Gasteiger partial charge in [-0.1, -0.05) is 12.1 Å². The van der Waals surface area contributed by atoms with E-state index in [0.29, 0.717) is 18.4 Å². The molecule has 5 nitrogen and oxygen atoms in total. The van der Waals surface area contributed by atoms with Crippen molar-refractivity contribution in [2.24, 2.45) is 0 Å². The van der Waals surface area contributed by atoms with Gasteiger partial charge in [-0.2, -0.15) is 5.26 Å². The fourth-order valence-electron chi connectivity index (χ4n) is 2.27. The van der Waals surface area contributed by atoms with Crippen LogP contribution in [0, 0.1) is 11.3 Å². The lowest BCUT2D eigenvalue weighted by Gasteiger charge is -2.22. The SMILES string of the molecule is N#Cc1cccc(/C=C/C(=O)NC2CCCS(=O)(=O)C2)c1. The van der Waals surface area contributed by atoms with Gasteiger partial charge in [0.2, 0.25) is 5.91 Å². The molecule has 2 rings (SSSR count). The molecule has 1 saturated heterocycles. The van der Waals surface area contributed by atoms with Crippen LogP contribution >= 0.6 is 0 Å². The first-order valence-electron chi connectivity index (χ1n) is 6.68. The Morgan fingerprint density at radius 2 is 2.24 bits per heavy atom. The van der Waals surface area contributed by atoms with Crippen molar-refractivity contribution in [1.29, 1.82) is 5.26 Å². The molecule has 6 heteroatoms. The van der Waals surface area contributed by atoms with Crippen molar-refractivity contribution in [3.63, 3.8) is 0 Å². The van der Waals surface area contributed by atoms with Gasteiger partial charge in [0.1, 0.15) is 0 Å². The lowest BCUT2D eigenvalue weighted by Crippen LogP contribution is -2.42. The van der Waals surface area contributed by atoms with E-state index in [4.69, 9.17) is 5.26 Å². The second kappa shape index (κ2) is 6.55. The van der Waals surface area contributed by atoms with Crippen molar-refractivity contribution in [3.8, 4) is 6.07 Å². The molecule has 110 valence electrons. The Kier molecular flexibility index (Phi) is 4.76. The van der Waals surface area contributed by atoms with Crippen LogP contribution in [0.3, 0.4) is 0 Å². The maximum absolute atomic E-state index is 11.8. The molecule has 1 aromatic carbocycles. The van der Waals surface area contributed by atoms with Crippen LogP contribution < -0.4 is 5.32 Å². The van der Waals surface area contributed by atoms with Gasteiger partial charge >= 0.3 is 0 Å². The van der Waals surface area contributed by atoms with Crippen LogP contribution in [0.5, 0.6) is 0 Å². The number of carbonyl (C=O) groups excluding carboxylic acids is 1. The molecule has 1 N–H and O–H groups in total. The van der Waals surface area contributed by atoms with E-state index in [0.717, 1.165) is 5.56 Å². The average Bonchev–Trinajstić information content (AvgIpc) is 2.44. The summed E-state index contributed by atoms with van der Waals surface area (Å²) in [5, 5.41) is 11.5. The Hall–Kier alpha value is -2.13. The van der Waals surface area contributed by atoms with Gasteiger partial charge in [-0.15, -0.1) is 0 Å². The van der Waals surface area contributed by atoms with E-state index in [1.165, 1.54) is 6.08 Å². The van der Waals surface area contributed by atoms with E-state index in [9.17, 15) is 13.2 Å². The topological polar surface area (TPSA) is 87.0 Å². The molecule has 0 bridgehead atoms. The maximum Gasteiger partial charge on any atom is 0.244 e. The Labute approximate surface area is 124 Å². The highest BCUT2D eigenvalue weighted by molar-refractivity contribution is 7.91. The van der Waals surface area contributed by atoms with Crippen LogP contribution in [0.1, 0.15) is 24.0 Å². The van der Waals surface area contributed by atoms with Crippen molar-refractivity contribution in [3.05, 3.63) is 41.5 Å². The molecule has 0 aliphatic carbocycles. The number of hydrogen-bond donors (Lipinski definition) is 1. The lowest BCUT2D eigenvalue weighted by molar-refractivity contribution is -0.117. The quantitative estimate of drug-likeness (QED) is 0.852. The number of carbonyl (C=O) groups is 1. The van der Waals surface area contributed by atoms with Crippen molar-refractivity contribution in [1.82, 2.24) is 5.32 Å². The van der Waals surface area contributed by atoms with Gasteiger partial charge in [-0.3, -0.25) is 4.79 Å². The van der Waals surface area contributed by atoms with Crippen LogP contribution in [0.25, 0.3) is 6.08 Å². The molecule has 1 atom stereocenters. The summed E-state index contributed by atoms with van der Waals surface area (Å²) in [6.07, 6.45) is 4.23. The van der Waals surface area contributed by atoms with Crippen LogP contribution in [-0.2, 0) is 14.6 Å².